The fraction of sp³-hybridized carbons (Fsp3) is 0.545. The molecule has 0 aromatic carbocycles. The molecular weight excluding hydrogens is 132 g/mol. The van der Waals surface area contributed by atoms with Crippen LogP contribution in [-0.4, -0.2) is 0 Å². The SMILES string of the molecule is [CH2]C1(CC)C=CC(CC)=CC1. The van der Waals surface area contributed by atoms with Crippen molar-refractivity contribution in [1.29, 1.82) is 0 Å². The normalized spacial score (nSPS) is 30.3. The van der Waals surface area contributed by atoms with Crippen molar-refractivity contribution < 1.29 is 0 Å². The molecule has 1 unspecified atom stereocenters. The zero-order valence-electron chi connectivity index (χ0n) is 7.56. The second-order valence-corrected chi connectivity index (χ2v) is 3.39. The maximum atomic E-state index is 4.18. The molecule has 0 fully saturated rings. The highest BCUT2D eigenvalue weighted by Gasteiger charge is 2.19. The van der Waals surface area contributed by atoms with Gasteiger partial charge < -0.3 is 0 Å². The van der Waals surface area contributed by atoms with Crippen molar-refractivity contribution in [3.8, 4) is 0 Å². The van der Waals surface area contributed by atoms with Crippen LogP contribution >= 0.6 is 0 Å². The molecule has 1 radical (unpaired) electrons. The van der Waals surface area contributed by atoms with E-state index in [9.17, 15) is 0 Å². The zero-order valence-corrected chi connectivity index (χ0v) is 7.56. The third-order valence-corrected chi connectivity index (χ3v) is 2.53. The molecule has 0 aliphatic heterocycles. The van der Waals surface area contributed by atoms with Crippen molar-refractivity contribution in [2.75, 3.05) is 0 Å². The molecular formula is C11H17. The van der Waals surface area contributed by atoms with Crippen molar-refractivity contribution in [1.82, 2.24) is 0 Å². The molecule has 0 aromatic rings. The molecule has 0 amide bonds. The van der Waals surface area contributed by atoms with Crippen LogP contribution in [0.25, 0.3) is 0 Å². The van der Waals surface area contributed by atoms with Gasteiger partial charge in [0.1, 0.15) is 0 Å². The third kappa shape index (κ3) is 1.95. The molecule has 0 saturated heterocycles. The summed E-state index contributed by atoms with van der Waals surface area (Å²) in [4.78, 5) is 0. The quantitative estimate of drug-likeness (QED) is 0.563. The lowest BCUT2D eigenvalue weighted by atomic mass is 9.79. The number of hydrogen-bond donors (Lipinski definition) is 0. The molecule has 0 N–H and O–H groups in total. The van der Waals surface area contributed by atoms with E-state index in [4.69, 9.17) is 0 Å². The van der Waals surface area contributed by atoms with E-state index in [2.05, 4.69) is 39.0 Å². The summed E-state index contributed by atoms with van der Waals surface area (Å²) in [6.45, 7) is 8.57. The lowest BCUT2D eigenvalue weighted by molar-refractivity contribution is 0.469. The van der Waals surface area contributed by atoms with Crippen LogP contribution in [0, 0.1) is 12.3 Å². The van der Waals surface area contributed by atoms with Crippen molar-refractivity contribution in [3.63, 3.8) is 0 Å². The molecule has 0 bridgehead atoms. The summed E-state index contributed by atoms with van der Waals surface area (Å²) in [7, 11) is 0. The van der Waals surface area contributed by atoms with Crippen LogP contribution in [0.5, 0.6) is 0 Å². The second kappa shape index (κ2) is 3.25. The first-order chi connectivity index (χ1) is 5.20. The highest BCUT2D eigenvalue weighted by molar-refractivity contribution is 5.26. The fourth-order valence-corrected chi connectivity index (χ4v) is 1.28. The van der Waals surface area contributed by atoms with Gasteiger partial charge in [-0.1, -0.05) is 37.6 Å². The van der Waals surface area contributed by atoms with Crippen LogP contribution in [0.2, 0.25) is 0 Å². The van der Waals surface area contributed by atoms with Crippen LogP contribution in [0.15, 0.2) is 23.8 Å². The number of allylic oxidation sites excluding steroid dienone is 4. The van der Waals surface area contributed by atoms with E-state index in [0.29, 0.717) is 0 Å². The standard InChI is InChI=1S/C11H17/c1-4-10-6-8-11(3,5-2)9-7-10/h6-8H,3-5,9H2,1-2H3. The largest absolute Gasteiger partial charge is 0.0805 e. The Morgan fingerprint density at radius 2 is 2.27 bits per heavy atom. The van der Waals surface area contributed by atoms with Gasteiger partial charge in [-0.2, -0.15) is 0 Å². The van der Waals surface area contributed by atoms with Crippen molar-refractivity contribution in [2.45, 2.75) is 33.1 Å². The molecule has 0 heterocycles. The van der Waals surface area contributed by atoms with E-state index in [-0.39, 0.29) is 5.41 Å². The molecule has 0 spiro atoms. The Kier molecular flexibility index (Phi) is 2.53. The molecule has 0 aromatic heterocycles. The highest BCUT2D eigenvalue weighted by Crippen LogP contribution is 2.32. The molecule has 0 heteroatoms. The molecule has 1 atom stereocenters. The van der Waals surface area contributed by atoms with E-state index >= 15 is 0 Å². The Hall–Kier alpha value is -0.520. The Morgan fingerprint density at radius 1 is 1.55 bits per heavy atom. The van der Waals surface area contributed by atoms with Crippen molar-refractivity contribution in [2.24, 2.45) is 5.41 Å². The molecule has 1 aliphatic carbocycles. The summed E-state index contributed by atoms with van der Waals surface area (Å²) in [5.74, 6) is 0. The van der Waals surface area contributed by atoms with Gasteiger partial charge in [0.25, 0.3) is 0 Å². The Morgan fingerprint density at radius 3 is 2.64 bits per heavy atom. The summed E-state index contributed by atoms with van der Waals surface area (Å²) in [5, 5.41) is 0. The predicted molar refractivity (Wildman–Crippen MR) is 50.2 cm³/mol. The summed E-state index contributed by atoms with van der Waals surface area (Å²) < 4.78 is 0. The van der Waals surface area contributed by atoms with E-state index in [1.165, 1.54) is 5.57 Å². The average Bonchev–Trinajstić information content (AvgIpc) is 2.06. The molecule has 1 rings (SSSR count). The van der Waals surface area contributed by atoms with Gasteiger partial charge in [-0.15, -0.1) is 0 Å². The minimum atomic E-state index is 0.193. The fourth-order valence-electron chi connectivity index (χ4n) is 1.28. The Labute approximate surface area is 70.0 Å². The maximum Gasteiger partial charge on any atom is -0.00826 e. The van der Waals surface area contributed by atoms with Crippen LogP contribution in [0.3, 0.4) is 0 Å². The van der Waals surface area contributed by atoms with Gasteiger partial charge in [-0.3, -0.25) is 0 Å². The minimum Gasteiger partial charge on any atom is -0.0805 e. The van der Waals surface area contributed by atoms with Gasteiger partial charge in [0.05, 0.1) is 0 Å². The first-order valence-corrected chi connectivity index (χ1v) is 4.44. The van der Waals surface area contributed by atoms with E-state index in [1.54, 1.807) is 0 Å². The van der Waals surface area contributed by atoms with Gasteiger partial charge in [0, 0.05) is 0 Å². The van der Waals surface area contributed by atoms with Crippen LogP contribution in [0.4, 0.5) is 0 Å². The Balaban J connectivity index is 2.63. The second-order valence-electron chi connectivity index (χ2n) is 3.39. The Bertz CT molecular complexity index is 186. The maximum absolute atomic E-state index is 4.18. The summed E-state index contributed by atoms with van der Waals surface area (Å²) in [6.07, 6.45) is 10.2. The topological polar surface area (TPSA) is 0 Å². The van der Waals surface area contributed by atoms with Gasteiger partial charge >= 0.3 is 0 Å². The van der Waals surface area contributed by atoms with Gasteiger partial charge in [-0.05, 0) is 31.6 Å². The molecule has 0 nitrogen and oxygen atoms in total. The summed E-state index contributed by atoms with van der Waals surface area (Å²) in [5.41, 5.74) is 1.65. The minimum absolute atomic E-state index is 0.193. The number of hydrogen-bond acceptors (Lipinski definition) is 0. The zero-order chi connectivity index (χ0) is 8.32. The summed E-state index contributed by atoms with van der Waals surface area (Å²) >= 11 is 0. The molecule has 1 aliphatic rings. The van der Waals surface area contributed by atoms with Crippen LogP contribution in [0.1, 0.15) is 33.1 Å². The van der Waals surface area contributed by atoms with Crippen molar-refractivity contribution >= 4 is 0 Å². The molecule has 61 valence electrons. The first-order valence-electron chi connectivity index (χ1n) is 4.44. The molecule has 11 heavy (non-hydrogen) atoms. The van der Waals surface area contributed by atoms with Crippen molar-refractivity contribution in [3.05, 3.63) is 30.7 Å². The lowest BCUT2D eigenvalue weighted by Gasteiger charge is -2.25. The van der Waals surface area contributed by atoms with Crippen LogP contribution in [-0.2, 0) is 0 Å². The molecule has 0 saturated carbocycles. The predicted octanol–water partition coefficient (Wildman–Crippen LogP) is 3.51. The highest BCUT2D eigenvalue weighted by atomic mass is 14.2. The van der Waals surface area contributed by atoms with Gasteiger partial charge in [0.15, 0.2) is 0 Å². The third-order valence-electron chi connectivity index (χ3n) is 2.53. The summed E-state index contributed by atoms with van der Waals surface area (Å²) in [6, 6.07) is 0. The van der Waals surface area contributed by atoms with Gasteiger partial charge in [0.2, 0.25) is 0 Å². The van der Waals surface area contributed by atoms with E-state index in [1.807, 2.05) is 0 Å². The average molecular weight is 149 g/mol. The van der Waals surface area contributed by atoms with Gasteiger partial charge in [-0.25, -0.2) is 0 Å². The first kappa shape index (κ1) is 8.58. The van der Waals surface area contributed by atoms with E-state index in [0.717, 1.165) is 19.3 Å². The number of rotatable bonds is 2. The van der Waals surface area contributed by atoms with Crippen LogP contribution < -0.4 is 0 Å². The smallest absolute Gasteiger partial charge is 0.00826 e. The van der Waals surface area contributed by atoms with E-state index < -0.39 is 0 Å². The lowest BCUT2D eigenvalue weighted by Crippen LogP contribution is -2.13. The monoisotopic (exact) mass is 149 g/mol.